The summed E-state index contributed by atoms with van der Waals surface area (Å²) in [5.41, 5.74) is 2.55. The second kappa shape index (κ2) is 3.53. The molecule has 80 valence electrons. The average Bonchev–Trinajstić information content (AvgIpc) is 2.86. The summed E-state index contributed by atoms with van der Waals surface area (Å²) in [5.74, 6) is 1.20. The largest absolute Gasteiger partial charge is 0.508 e. The third-order valence-electron chi connectivity index (χ3n) is 3.86. The van der Waals surface area contributed by atoms with Gasteiger partial charge in [0, 0.05) is 6.04 Å². The summed E-state index contributed by atoms with van der Waals surface area (Å²) in [6.45, 7) is 1.17. The number of phenols is 1. The van der Waals surface area contributed by atoms with Crippen LogP contribution in [0, 0.1) is 5.92 Å². The smallest absolute Gasteiger partial charge is 0.119 e. The summed E-state index contributed by atoms with van der Waals surface area (Å²) in [5, 5.41) is 13.3. The topological polar surface area (TPSA) is 32.3 Å². The maximum atomic E-state index is 9.77. The second-order valence-electron chi connectivity index (χ2n) is 4.79. The minimum atomic E-state index is 0.494. The molecule has 3 rings (SSSR count). The molecule has 1 aromatic carbocycles. The fraction of sp³-hybridized carbons (Fsp3) is 0.538. The highest BCUT2D eigenvalue weighted by Crippen LogP contribution is 2.36. The van der Waals surface area contributed by atoms with E-state index in [0.717, 1.165) is 12.8 Å². The van der Waals surface area contributed by atoms with Crippen molar-refractivity contribution >= 4 is 0 Å². The van der Waals surface area contributed by atoms with Gasteiger partial charge >= 0.3 is 0 Å². The van der Waals surface area contributed by atoms with Crippen LogP contribution in [0.5, 0.6) is 5.75 Å². The summed E-state index contributed by atoms with van der Waals surface area (Å²) in [6.07, 6.45) is 4.81. The molecule has 2 atom stereocenters. The molecule has 0 amide bonds. The molecule has 1 heterocycles. The van der Waals surface area contributed by atoms with E-state index in [1.165, 1.54) is 30.5 Å². The minimum Gasteiger partial charge on any atom is -0.508 e. The van der Waals surface area contributed by atoms with Crippen molar-refractivity contribution in [2.24, 2.45) is 5.92 Å². The van der Waals surface area contributed by atoms with Gasteiger partial charge in [-0.2, -0.15) is 0 Å². The maximum absolute atomic E-state index is 9.77. The van der Waals surface area contributed by atoms with E-state index in [2.05, 4.69) is 11.4 Å². The van der Waals surface area contributed by atoms with Gasteiger partial charge in [-0.1, -0.05) is 12.1 Å². The summed E-state index contributed by atoms with van der Waals surface area (Å²) >= 11 is 0. The van der Waals surface area contributed by atoms with Crippen LogP contribution in [0.4, 0.5) is 0 Å². The quantitative estimate of drug-likeness (QED) is 0.730. The lowest BCUT2D eigenvalue weighted by Gasteiger charge is -2.17. The van der Waals surface area contributed by atoms with Gasteiger partial charge in [0.25, 0.3) is 0 Å². The molecule has 2 unspecified atom stereocenters. The van der Waals surface area contributed by atoms with Crippen molar-refractivity contribution in [1.82, 2.24) is 5.32 Å². The minimum absolute atomic E-state index is 0.494. The van der Waals surface area contributed by atoms with Gasteiger partial charge < -0.3 is 10.4 Å². The first-order chi connectivity index (χ1) is 7.34. The number of phenolic OH excluding ortho intramolecular Hbond substituents is 1. The fourth-order valence-corrected chi connectivity index (χ4v) is 3.06. The zero-order valence-corrected chi connectivity index (χ0v) is 8.87. The van der Waals surface area contributed by atoms with Crippen LogP contribution in [0.25, 0.3) is 0 Å². The highest BCUT2D eigenvalue weighted by molar-refractivity contribution is 5.43. The Hall–Kier alpha value is -1.02. The lowest BCUT2D eigenvalue weighted by atomic mass is 9.95. The van der Waals surface area contributed by atoms with Crippen molar-refractivity contribution in [2.75, 3.05) is 6.54 Å². The highest BCUT2D eigenvalue weighted by Gasteiger charge is 2.31. The summed E-state index contributed by atoms with van der Waals surface area (Å²) < 4.78 is 0. The monoisotopic (exact) mass is 203 g/mol. The van der Waals surface area contributed by atoms with Crippen LogP contribution >= 0.6 is 0 Å². The van der Waals surface area contributed by atoms with Crippen LogP contribution in [0.1, 0.15) is 24.0 Å². The first kappa shape index (κ1) is 9.22. The Kier molecular flexibility index (Phi) is 2.17. The molecule has 0 aromatic heterocycles. The lowest BCUT2D eigenvalue weighted by Crippen LogP contribution is -2.30. The average molecular weight is 203 g/mol. The van der Waals surface area contributed by atoms with Gasteiger partial charge in [0.15, 0.2) is 0 Å². The van der Waals surface area contributed by atoms with Gasteiger partial charge in [-0.25, -0.2) is 0 Å². The summed E-state index contributed by atoms with van der Waals surface area (Å²) in [4.78, 5) is 0. The van der Waals surface area contributed by atoms with E-state index < -0.39 is 0 Å². The Labute approximate surface area is 90.3 Å². The van der Waals surface area contributed by atoms with Gasteiger partial charge in [0.2, 0.25) is 0 Å². The van der Waals surface area contributed by atoms with E-state index in [1.54, 1.807) is 0 Å². The van der Waals surface area contributed by atoms with Crippen LogP contribution in [0.3, 0.4) is 0 Å². The number of benzene rings is 1. The van der Waals surface area contributed by atoms with Crippen LogP contribution < -0.4 is 5.32 Å². The lowest BCUT2D eigenvalue weighted by molar-refractivity contribution is 0.401. The number of fused-ring (bicyclic) bond motifs is 1. The molecule has 15 heavy (non-hydrogen) atoms. The number of nitrogens with one attached hydrogen (secondary N) is 1. The first-order valence-corrected chi connectivity index (χ1v) is 5.88. The molecular formula is C13H17NO. The van der Waals surface area contributed by atoms with E-state index in [0.29, 0.717) is 17.7 Å². The van der Waals surface area contributed by atoms with Gasteiger partial charge in [-0.15, -0.1) is 0 Å². The Morgan fingerprint density at radius 2 is 2.20 bits per heavy atom. The van der Waals surface area contributed by atoms with Crippen molar-refractivity contribution in [2.45, 2.75) is 31.7 Å². The number of aromatic hydroxyl groups is 1. The second-order valence-corrected chi connectivity index (χ2v) is 4.79. The van der Waals surface area contributed by atoms with Crippen molar-refractivity contribution < 1.29 is 5.11 Å². The molecule has 2 N–H and O–H groups in total. The van der Waals surface area contributed by atoms with Gasteiger partial charge in [-0.3, -0.25) is 0 Å². The standard InChI is InChI=1S/C13H17NO/c15-13-5-1-3-9-7-10(8-11(9)13)12-4-2-6-14-12/h1,3,5,10,12,14-15H,2,4,6-8H2. The molecule has 2 nitrogen and oxygen atoms in total. The van der Waals surface area contributed by atoms with E-state index in [9.17, 15) is 5.11 Å². The maximum Gasteiger partial charge on any atom is 0.119 e. The molecule has 1 aliphatic carbocycles. The molecule has 1 fully saturated rings. The van der Waals surface area contributed by atoms with Gasteiger partial charge in [0.1, 0.15) is 5.75 Å². The molecule has 2 aliphatic rings. The molecule has 0 spiro atoms. The van der Waals surface area contributed by atoms with Crippen molar-refractivity contribution in [1.29, 1.82) is 0 Å². The zero-order valence-electron chi connectivity index (χ0n) is 8.87. The predicted octanol–water partition coefficient (Wildman–Crippen LogP) is 1.86. The number of hydrogen-bond donors (Lipinski definition) is 2. The molecular weight excluding hydrogens is 186 g/mol. The number of rotatable bonds is 1. The van der Waals surface area contributed by atoms with Crippen molar-refractivity contribution in [3.63, 3.8) is 0 Å². The van der Waals surface area contributed by atoms with Crippen LogP contribution in [-0.2, 0) is 12.8 Å². The molecule has 1 aliphatic heterocycles. The third-order valence-corrected chi connectivity index (χ3v) is 3.86. The molecule has 1 aromatic rings. The summed E-state index contributed by atoms with van der Waals surface area (Å²) in [7, 11) is 0. The molecule has 0 bridgehead atoms. The molecule has 2 heteroatoms. The Morgan fingerprint density at radius 1 is 1.27 bits per heavy atom. The predicted molar refractivity (Wildman–Crippen MR) is 60.0 cm³/mol. The van der Waals surface area contributed by atoms with E-state index in [-0.39, 0.29) is 0 Å². The van der Waals surface area contributed by atoms with Gasteiger partial charge in [-0.05, 0) is 55.3 Å². The Bertz CT molecular complexity index is 369. The molecule has 0 radical (unpaired) electrons. The first-order valence-electron chi connectivity index (χ1n) is 5.88. The van der Waals surface area contributed by atoms with Crippen LogP contribution in [0.2, 0.25) is 0 Å². The van der Waals surface area contributed by atoms with E-state index in [1.807, 2.05) is 12.1 Å². The highest BCUT2D eigenvalue weighted by atomic mass is 16.3. The molecule has 1 saturated heterocycles. The molecule has 0 saturated carbocycles. The Balaban J connectivity index is 1.82. The fourth-order valence-electron chi connectivity index (χ4n) is 3.06. The van der Waals surface area contributed by atoms with E-state index >= 15 is 0 Å². The van der Waals surface area contributed by atoms with Crippen LogP contribution in [0.15, 0.2) is 18.2 Å². The summed E-state index contributed by atoms with van der Waals surface area (Å²) in [6, 6.07) is 6.60. The Morgan fingerprint density at radius 3 is 2.93 bits per heavy atom. The SMILES string of the molecule is Oc1cccc2c1CC(C1CCCN1)C2. The van der Waals surface area contributed by atoms with Crippen molar-refractivity contribution in [3.8, 4) is 5.75 Å². The third kappa shape index (κ3) is 1.53. The van der Waals surface area contributed by atoms with Gasteiger partial charge in [0.05, 0.1) is 0 Å². The zero-order chi connectivity index (χ0) is 10.3. The van der Waals surface area contributed by atoms with Crippen molar-refractivity contribution in [3.05, 3.63) is 29.3 Å². The number of hydrogen-bond acceptors (Lipinski definition) is 2. The normalized spacial score (nSPS) is 29.3. The van der Waals surface area contributed by atoms with Crippen LogP contribution in [-0.4, -0.2) is 17.7 Å². The van der Waals surface area contributed by atoms with E-state index in [4.69, 9.17) is 0 Å².